The predicted octanol–water partition coefficient (Wildman–Crippen LogP) is 5.58. The Morgan fingerprint density at radius 2 is 1.67 bits per heavy atom. The Morgan fingerprint density at radius 1 is 1.00 bits per heavy atom. The van der Waals surface area contributed by atoms with Crippen LogP contribution in [-0.4, -0.2) is 6.18 Å². The summed E-state index contributed by atoms with van der Waals surface area (Å²) in [4.78, 5) is 0. The highest BCUT2D eigenvalue weighted by molar-refractivity contribution is 6.31. The fourth-order valence-electron chi connectivity index (χ4n) is 1.97. The first-order chi connectivity index (χ1) is 9.87. The number of alkyl halides is 3. The maximum atomic E-state index is 13.8. The maximum absolute atomic E-state index is 13.8. The molecule has 112 valence electrons. The smallest absolute Gasteiger partial charge is 0.375 e. The molecule has 0 saturated heterocycles. The van der Waals surface area contributed by atoms with E-state index in [0.717, 1.165) is 0 Å². The Kier molecular flexibility index (Phi) is 4.73. The summed E-state index contributed by atoms with van der Waals surface area (Å²) < 4.78 is 52.0. The van der Waals surface area contributed by atoms with Gasteiger partial charge in [-0.3, -0.25) is 0 Å². The molecule has 2 aromatic rings. The van der Waals surface area contributed by atoms with Gasteiger partial charge in [0.15, 0.2) is 5.82 Å². The molecule has 2 aromatic carbocycles. The average Bonchev–Trinajstić information content (AvgIpc) is 2.42. The van der Waals surface area contributed by atoms with E-state index in [1.54, 1.807) is 30.3 Å². The van der Waals surface area contributed by atoms with Gasteiger partial charge in [0.25, 0.3) is 0 Å². The molecule has 1 unspecified atom stereocenters. The highest BCUT2D eigenvalue weighted by Crippen LogP contribution is 2.33. The quantitative estimate of drug-likeness (QED) is 0.725. The highest BCUT2D eigenvalue weighted by Gasteiger charge is 2.33. The molecule has 0 bridgehead atoms. The first-order valence-electron chi connectivity index (χ1n) is 6.19. The van der Waals surface area contributed by atoms with Crippen molar-refractivity contribution in [2.45, 2.75) is 18.6 Å². The van der Waals surface area contributed by atoms with Crippen molar-refractivity contribution in [1.82, 2.24) is 0 Å². The van der Waals surface area contributed by atoms with Crippen LogP contribution in [0, 0.1) is 5.82 Å². The molecule has 1 N–H and O–H groups in total. The van der Waals surface area contributed by atoms with Crippen molar-refractivity contribution in [2.24, 2.45) is 0 Å². The molecule has 0 amide bonds. The zero-order valence-electron chi connectivity index (χ0n) is 10.8. The summed E-state index contributed by atoms with van der Waals surface area (Å²) in [7, 11) is 0. The monoisotopic (exact) mass is 317 g/mol. The molecule has 0 fully saturated rings. The molecule has 0 aliphatic rings. The van der Waals surface area contributed by atoms with Gasteiger partial charge < -0.3 is 5.32 Å². The SMILES string of the molecule is Fc1c(Cl)cccc1NC(CC(F)(F)F)c1ccccc1. The second kappa shape index (κ2) is 6.35. The molecule has 0 spiro atoms. The molecule has 6 heteroatoms. The van der Waals surface area contributed by atoms with E-state index in [1.165, 1.54) is 18.2 Å². The van der Waals surface area contributed by atoms with Gasteiger partial charge >= 0.3 is 6.18 Å². The van der Waals surface area contributed by atoms with Crippen LogP contribution in [0.3, 0.4) is 0 Å². The van der Waals surface area contributed by atoms with E-state index in [0.29, 0.717) is 5.56 Å². The molecule has 0 aliphatic carbocycles. The van der Waals surface area contributed by atoms with E-state index in [1.807, 2.05) is 0 Å². The molecule has 1 atom stereocenters. The van der Waals surface area contributed by atoms with Crippen molar-refractivity contribution >= 4 is 17.3 Å². The van der Waals surface area contributed by atoms with E-state index in [2.05, 4.69) is 5.32 Å². The minimum atomic E-state index is -4.37. The van der Waals surface area contributed by atoms with Crippen LogP contribution in [0.1, 0.15) is 18.0 Å². The largest absolute Gasteiger partial charge is 0.391 e. The van der Waals surface area contributed by atoms with Gasteiger partial charge in [-0.15, -0.1) is 0 Å². The van der Waals surface area contributed by atoms with E-state index < -0.39 is 24.5 Å². The average molecular weight is 318 g/mol. The molecule has 0 radical (unpaired) electrons. The molecule has 1 nitrogen and oxygen atoms in total. The summed E-state index contributed by atoms with van der Waals surface area (Å²) in [5, 5.41) is 2.44. The van der Waals surface area contributed by atoms with E-state index in [9.17, 15) is 17.6 Å². The third kappa shape index (κ3) is 4.36. The molecule has 21 heavy (non-hydrogen) atoms. The molecule has 0 heterocycles. The molecule has 0 saturated carbocycles. The van der Waals surface area contributed by atoms with Gasteiger partial charge in [-0.25, -0.2) is 4.39 Å². The number of benzene rings is 2. The first-order valence-corrected chi connectivity index (χ1v) is 6.57. The standard InChI is InChI=1S/C15H12ClF4N/c16-11-7-4-8-12(14(11)17)21-13(9-15(18,19)20)10-5-2-1-3-6-10/h1-8,13,21H,9H2. The van der Waals surface area contributed by atoms with E-state index >= 15 is 0 Å². The summed E-state index contributed by atoms with van der Waals surface area (Å²) in [5.74, 6) is -0.762. The third-order valence-corrected chi connectivity index (χ3v) is 3.21. The lowest BCUT2D eigenvalue weighted by atomic mass is 10.0. The number of hydrogen-bond donors (Lipinski definition) is 1. The van der Waals surface area contributed by atoms with Crippen LogP contribution in [-0.2, 0) is 0 Å². The zero-order chi connectivity index (χ0) is 15.5. The van der Waals surface area contributed by atoms with Gasteiger partial charge in [-0.2, -0.15) is 13.2 Å². The van der Waals surface area contributed by atoms with Crippen LogP contribution in [0.15, 0.2) is 48.5 Å². The molecule has 0 aromatic heterocycles. The number of halogens is 5. The minimum Gasteiger partial charge on any atom is -0.375 e. The maximum Gasteiger partial charge on any atom is 0.391 e. The summed E-state index contributed by atoms with van der Waals surface area (Å²) in [6.07, 6.45) is -5.48. The van der Waals surface area contributed by atoms with Gasteiger partial charge in [0.2, 0.25) is 0 Å². The lowest BCUT2D eigenvalue weighted by Gasteiger charge is -2.22. The minimum absolute atomic E-state index is 0.0550. The van der Waals surface area contributed by atoms with Gasteiger partial charge in [0, 0.05) is 0 Å². The normalized spacial score (nSPS) is 13.0. The topological polar surface area (TPSA) is 12.0 Å². The summed E-state index contributed by atoms with van der Waals surface area (Å²) in [6, 6.07) is 11.2. The Hall–Kier alpha value is -1.75. The van der Waals surface area contributed by atoms with Crippen molar-refractivity contribution in [1.29, 1.82) is 0 Å². The van der Waals surface area contributed by atoms with Crippen LogP contribution in [0.5, 0.6) is 0 Å². The number of nitrogens with one attached hydrogen (secondary N) is 1. The van der Waals surface area contributed by atoms with Crippen molar-refractivity contribution in [3.8, 4) is 0 Å². The number of rotatable bonds is 4. The lowest BCUT2D eigenvalue weighted by Crippen LogP contribution is -2.20. The Bertz CT molecular complexity index is 598. The van der Waals surface area contributed by atoms with Crippen molar-refractivity contribution in [2.75, 3.05) is 5.32 Å². The lowest BCUT2D eigenvalue weighted by molar-refractivity contribution is -0.137. The van der Waals surface area contributed by atoms with Crippen LogP contribution in [0.4, 0.5) is 23.2 Å². The third-order valence-electron chi connectivity index (χ3n) is 2.92. The van der Waals surface area contributed by atoms with Crippen LogP contribution in [0.2, 0.25) is 5.02 Å². The second-order valence-corrected chi connectivity index (χ2v) is 4.94. The summed E-state index contributed by atoms with van der Waals surface area (Å²) in [6.45, 7) is 0. The molecule has 0 aliphatic heterocycles. The van der Waals surface area contributed by atoms with Gasteiger partial charge in [-0.1, -0.05) is 48.0 Å². The Balaban J connectivity index is 2.30. The second-order valence-electron chi connectivity index (χ2n) is 4.53. The Labute approximate surface area is 124 Å². The molecular weight excluding hydrogens is 306 g/mol. The fourth-order valence-corrected chi connectivity index (χ4v) is 2.15. The van der Waals surface area contributed by atoms with Crippen molar-refractivity contribution in [3.63, 3.8) is 0 Å². The van der Waals surface area contributed by atoms with Crippen LogP contribution in [0.25, 0.3) is 0 Å². The first kappa shape index (κ1) is 15.6. The van der Waals surface area contributed by atoms with E-state index in [-0.39, 0.29) is 10.7 Å². The highest BCUT2D eigenvalue weighted by atomic mass is 35.5. The van der Waals surface area contributed by atoms with Crippen molar-refractivity contribution in [3.05, 3.63) is 64.9 Å². The summed E-state index contributed by atoms with van der Waals surface area (Å²) in [5.41, 5.74) is 0.370. The Morgan fingerprint density at radius 3 is 2.29 bits per heavy atom. The zero-order valence-corrected chi connectivity index (χ0v) is 11.5. The van der Waals surface area contributed by atoms with Crippen molar-refractivity contribution < 1.29 is 17.6 Å². The number of hydrogen-bond acceptors (Lipinski definition) is 1. The predicted molar refractivity (Wildman–Crippen MR) is 74.9 cm³/mol. The van der Waals surface area contributed by atoms with Gasteiger partial charge in [-0.05, 0) is 17.7 Å². The van der Waals surface area contributed by atoms with Gasteiger partial charge in [0.1, 0.15) is 0 Å². The van der Waals surface area contributed by atoms with Crippen LogP contribution >= 0.6 is 11.6 Å². The summed E-state index contributed by atoms with van der Waals surface area (Å²) >= 11 is 5.64. The molecular formula is C15H12ClF4N. The van der Waals surface area contributed by atoms with Gasteiger partial charge in [0.05, 0.1) is 23.2 Å². The van der Waals surface area contributed by atoms with Crippen LogP contribution < -0.4 is 5.32 Å². The fraction of sp³-hybridized carbons (Fsp3) is 0.200. The van der Waals surface area contributed by atoms with E-state index in [4.69, 9.17) is 11.6 Å². The number of anilines is 1. The molecule has 2 rings (SSSR count).